The Bertz CT molecular complexity index is 557. The summed E-state index contributed by atoms with van der Waals surface area (Å²) in [4.78, 5) is 23.4. The molecule has 126 valence electrons. The van der Waals surface area contributed by atoms with Crippen LogP contribution in [0.3, 0.4) is 0 Å². The molecule has 0 radical (unpaired) electrons. The van der Waals surface area contributed by atoms with Gasteiger partial charge in [0.25, 0.3) is 5.91 Å². The molecule has 7 heteroatoms. The van der Waals surface area contributed by atoms with Gasteiger partial charge in [-0.3, -0.25) is 4.79 Å². The average molecular weight is 323 g/mol. The van der Waals surface area contributed by atoms with Crippen molar-refractivity contribution in [2.75, 3.05) is 13.2 Å². The molecule has 0 heterocycles. The summed E-state index contributed by atoms with van der Waals surface area (Å²) >= 11 is 0. The number of benzene rings is 1. The van der Waals surface area contributed by atoms with Gasteiger partial charge >= 0.3 is 5.97 Å². The fraction of sp³-hybridized carbons (Fsp3) is 0.500. The van der Waals surface area contributed by atoms with Gasteiger partial charge in [0.05, 0.1) is 5.56 Å². The Morgan fingerprint density at radius 1 is 1.09 bits per heavy atom. The highest BCUT2D eigenvalue weighted by molar-refractivity contribution is 5.92. The minimum Gasteiger partial charge on any atom is -0.504 e. The van der Waals surface area contributed by atoms with Crippen LogP contribution in [0.25, 0.3) is 0 Å². The third kappa shape index (κ3) is 4.77. The summed E-state index contributed by atoms with van der Waals surface area (Å²) in [7, 11) is 0. The molecule has 1 aliphatic rings. The molecule has 1 aromatic rings. The van der Waals surface area contributed by atoms with Crippen LogP contribution in [-0.4, -0.2) is 40.3 Å². The molecule has 1 aliphatic carbocycles. The highest BCUT2D eigenvalue weighted by Crippen LogP contribution is 2.35. The van der Waals surface area contributed by atoms with Crippen molar-refractivity contribution in [3.05, 3.63) is 17.7 Å². The van der Waals surface area contributed by atoms with Crippen LogP contribution in [0.15, 0.2) is 12.1 Å². The Morgan fingerprint density at radius 3 is 2.30 bits per heavy atom. The van der Waals surface area contributed by atoms with Crippen molar-refractivity contribution in [2.45, 2.75) is 32.1 Å². The van der Waals surface area contributed by atoms with E-state index in [1.54, 1.807) is 0 Å². The van der Waals surface area contributed by atoms with Crippen LogP contribution < -0.4 is 5.32 Å². The summed E-state index contributed by atoms with van der Waals surface area (Å²) in [6.45, 7) is 0.144. The normalized spacial score (nSPS) is 15.1. The van der Waals surface area contributed by atoms with Gasteiger partial charge in [-0.2, -0.15) is 0 Å². The number of phenols is 3. The first-order valence-electron chi connectivity index (χ1n) is 7.66. The molecule has 0 atom stereocenters. The summed E-state index contributed by atoms with van der Waals surface area (Å²) in [5, 5.41) is 30.6. The minimum atomic E-state index is -0.872. The first-order chi connectivity index (χ1) is 11.0. The molecule has 4 N–H and O–H groups in total. The minimum absolute atomic E-state index is 0.155. The number of hydrogen-bond acceptors (Lipinski definition) is 6. The van der Waals surface area contributed by atoms with Crippen molar-refractivity contribution in [3.63, 3.8) is 0 Å². The second-order valence-corrected chi connectivity index (χ2v) is 5.75. The van der Waals surface area contributed by atoms with Gasteiger partial charge in [-0.1, -0.05) is 19.3 Å². The second kappa shape index (κ2) is 7.71. The van der Waals surface area contributed by atoms with Crippen LogP contribution in [-0.2, 0) is 9.53 Å². The third-order valence-corrected chi connectivity index (χ3v) is 3.95. The van der Waals surface area contributed by atoms with Crippen molar-refractivity contribution >= 4 is 11.9 Å². The van der Waals surface area contributed by atoms with Crippen molar-refractivity contribution in [1.29, 1.82) is 0 Å². The second-order valence-electron chi connectivity index (χ2n) is 5.75. The zero-order chi connectivity index (χ0) is 16.8. The zero-order valence-electron chi connectivity index (χ0n) is 12.7. The predicted molar refractivity (Wildman–Crippen MR) is 81.3 cm³/mol. The number of aromatic hydroxyl groups is 3. The van der Waals surface area contributed by atoms with Crippen LogP contribution in [0.2, 0.25) is 0 Å². The van der Waals surface area contributed by atoms with Gasteiger partial charge in [0.15, 0.2) is 23.9 Å². The van der Waals surface area contributed by atoms with Crippen LogP contribution in [0, 0.1) is 5.92 Å². The molecular formula is C16H21NO6. The lowest BCUT2D eigenvalue weighted by atomic mass is 9.89. The van der Waals surface area contributed by atoms with E-state index in [1.807, 2.05) is 0 Å². The Balaban J connectivity index is 1.78. The zero-order valence-corrected chi connectivity index (χ0v) is 12.7. The first kappa shape index (κ1) is 16.9. The summed E-state index contributed by atoms with van der Waals surface area (Å²) in [5.74, 6) is -2.78. The van der Waals surface area contributed by atoms with Gasteiger partial charge in [0, 0.05) is 6.54 Å². The molecule has 2 rings (SSSR count). The van der Waals surface area contributed by atoms with Gasteiger partial charge < -0.3 is 25.4 Å². The molecule has 0 spiro atoms. The van der Waals surface area contributed by atoms with Gasteiger partial charge in [-0.05, 0) is 30.9 Å². The van der Waals surface area contributed by atoms with Crippen molar-refractivity contribution in [3.8, 4) is 17.2 Å². The molecule has 0 aliphatic heterocycles. The highest BCUT2D eigenvalue weighted by Gasteiger charge is 2.17. The SMILES string of the molecule is O=C(COC(=O)c1cc(O)c(O)c(O)c1)NCC1CCCCC1. The number of nitrogens with one attached hydrogen (secondary N) is 1. The summed E-state index contributed by atoms with van der Waals surface area (Å²) in [5.41, 5.74) is -0.155. The quantitative estimate of drug-likeness (QED) is 0.484. The maximum Gasteiger partial charge on any atom is 0.338 e. The molecule has 1 saturated carbocycles. The van der Waals surface area contributed by atoms with E-state index in [9.17, 15) is 24.9 Å². The Labute approximate surface area is 133 Å². The van der Waals surface area contributed by atoms with Crippen molar-refractivity contribution in [1.82, 2.24) is 5.32 Å². The fourth-order valence-electron chi connectivity index (χ4n) is 2.64. The van der Waals surface area contributed by atoms with Crippen LogP contribution in [0.5, 0.6) is 17.2 Å². The molecule has 7 nitrogen and oxygen atoms in total. The lowest BCUT2D eigenvalue weighted by Crippen LogP contribution is -2.33. The lowest BCUT2D eigenvalue weighted by molar-refractivity contribution is -0.124. The van der Waals surface area contributed by atoms with Crippen LogP contribution >= 0.6 is 0 Å². The highest BCUT2D eigenvalue weighted by atomic mass is 16.5. The standard InChI is InChI=1S/C16H21NO6/c18-12-6-11(7-13(19)15(12)21)16(22)23-9-14(20)17-8-10-4-2-1-3-5-10/h6-7,10,18-19,21H,1-5,8-9H2,(H,17,20). The van der Waals surface area contributed by atoms with Crippen molar-refractivity contribution < 1.29 is 29.6 Å². The number of carbonyl (C=O) groups excluding carboxylic acids is 2. The molecular weight excluding hydrogens is 302 g/mol. The topological polar surface area (TPSA) is 116 Å². The van der Waals surface area contributed by atoms with Crippen molar-refractivity contribution in [2.24, 2.45) is 5.92 Å². The van der Waals surface area contributed by atoms with E-state index in [0.717, 1.165) is 25.0 Å². The monoisotopic (exact) mass is 323 g/mol. The number of amides is 1. The number of carbonyl (C=O) groups is 2. The number of hydrogen-bond donors (Lipinski definition) is 4. The van der Waals surface area contributed by atoms with E-state index in [4.69, 9.17) is 4.74 Å². The van der Waals surface area contributed by atoms with Gasteiger partial charge in [0.2, 0.25) is 0 Å². The van der Waals surface area contributed by atoms with E-state index in [1.165, 1.54) is 19.3 Å². The lowest BCUT2D eigenvalue weighted by Gasteiger charge is -2.21. The van der Waals surface area contributed by atoms with E-state index in [-0.39, 0.29) is 5.56 Å². The summed E-state index contributed by atoms with van der Waals surface area (Å²) in [6, 6.07) is 1.91. The predicted octanol–water partition coefficient (Wildman–Crippen LogP) is 1.66. The molecule has 0 saturated heterocycles. The van der Waals surface area contributed by atoms with Gasteiger partial charge in [0.1, 0.15) is 0 Å². The maximum absolute atomic E-state index is 11.8. The smallest absolute Gasteiger partial charge is 0.338 e. The largest absolute Gasteiger partial charge is 0.504 e. The molecule has 23 heavy (non-hydrogen) atoms. The third-order valence-electron chi connectivity index (χ3n) is 3.95. The molecule has 1 fully saturated rings. The van der Waals surface area contributed by atoms with E-state index in [0.29, 0.717) is 12.5 Å². The van der Waals surface area contributed by atoms with E-state index < -0.39 is 35.7 Å². The fourth-order valence-corrected chi connectivity index (χ4v) is 2.64. The number of rotatable bonds is 5. The van der Waals surface area contributed by atoms with E-state index in [2.05, 4.69) is 5.32 Å². The van der Waals surface area contributed by atoms with Crippen LogP contribution in [0.1, 0.15) is 42.5 Å². The van der Waals surface area contributed by atoms with Gasteiger partial charge in [-0.15, -0.1) is 0 Å². The number of phenolic OH excluding ortho intramolecular Hbond substituents is 3. The number of ether oxygens (including phenoxy) is 1. The molecule has 0 aromatic heterocycles. The summed E-state index contributed by atoms with van der Waals surface area (Å²) < 4.78 is 4.82. The Kier molecular flexibility index (Phi) is 5.67. The molecule has 1 amide bonds. The number of esters is 1. The Hall–Kier alpha value is -2.44. The molecule has 0 bridgehead atoms. The first-order valence-corrected chi connectivity index (χ1v) is 7.66. The Morgan fingerprint density at radius 2 is 1.70 bits per heavy atom. The average Bonchev–Trinajstić information content (AvgIpc) is 2.56. The summed E-state index contributed by atoms with van der Waals surface area (Å²) in [6.07, 6.45) is 5.82. The maximum atomic E-state index is 11.8. The molecule has 1 aromatic carbocycles. The van der Waals surface area contributed by atoms with Gasteiger partial charge in [-0.25, -0.2) is 4.79 Å². The molecule has 0 unspecified atom stereocenters. The van der Waals surface area contributed by atoms with E-state index >= 15 is 0 Å². The van der Waals surface area contributed by atoms with Crippen LogP contribution in [0.4, 0.5) is 0 Å².